The molecular weight excluding hydrogens is 464 g/mol. The van der Waals surface area contributed by atoms with Crippen molar-refractivity contribution in [2.24, 2.45) is 5.73 Å². The molecule has 0 fully saturated rings. The second-order valence-electron chi connectivity index (χ2n) is 7.26. The van der Waals surface area contributed by atoms with E-state index in [0.29, 0.717) is 0 Å². The van der Waals surface area contributed by atoms with E-state index in [1.165, 1.54) is 0 Å². The molecule has 34 heavy (non-hydrogen) atoms. The van der Waals surface area contributed by atoms with E-state index in [2.05, 4.69) is 5.32 Å². The smallest absolute Gasteiger partial charge is 0.326 e. The molecule has 16 heteroatoms. The van der Waals surface area contributed by atoms with Gasteiger partial charge in [0.1, 0.15) is 18.1 Å². The molecule has 10 N–H and O–H groups in total. The summed E-state index contributed by atoms with van der Waals surface area (Å²) in [4.78, 5) is 80.7. The van der Waals surface area contributed by atoms with Gasteiger partial charge in [-0.1, -0.05) is 0 Å². The van der Waals surface area contributed by atoms with Crippen LogP contribution in [0.5, 0.6) is 0 Å². The third kappa shape index (κ3) is 11.7. The Morgan fingerprint density at radius 1 is 0.706 bits per heavy atom. The maximum absolute atomic E-state index is 12.6. The Labute approximate surface area is 192 Å². The molecule has 192 valence electrons. The molecule has 0 aliphatic rings. The summed E-state index contributed by atoms with van der Waals surface area (Å²) in [5.41, 5.74) is 5.53. The summed E-state index contributed by atoms with van der Waals surface area (Å²) in [5.74, 6) is -9.20. The average Bonchev–Trinajstić information content (AvgIpc) is 2.70. The first kappa shape index (κ1) is 30.2. The first-order valence-electron chi connectivity index (χ1n) is 9.88. The summed E-state index contributed by atoms with van der Waals surface area (Å²) >= 11 is 0. The monoisotopic (exact) mass is 492 g/mol. The van der Waals surface area contributed by atoms with Crippen LogP contribution in [0.1, 0.15) is 39.0 Å². The Hall–Kier alpha value is -3.79. The summed E-state index contributed by atoms with van der Waals surface area (Å²) in [7, 11) is 0. The number of nitrogens with one attached hydrogen (secondary N) is 3. The Kier molecular flexibility index (Phi) is 12.8. The van der Waals surface area contributed by atoms with Gasteiger partial charge in [-0.3, -0.25) is 28.8 Å². The topological polar surface area (TPSA) is 283 Å². The highest BCUT2D eigenvalue weighted by Gasteiger charge is 2.33. The van der Waals surface area contributed by atoms with Crippen molar-refractivity contribution in [3.63, 3.8) is 0 Å². The third-order valence-electron chi connectivity index (χ3n) is 4.34. The minimum Gasteiger partial charge on any atom is -0.481 e. The van der Waals surface area contributed by atoms with Gasteiger partial charge in [-0.25, -0.2) is 4.79 Å². The number of amides is 3. The lowest BCUT2D eigenvalue weighted by molar-refractivity contribution is -0.144. The highest BCUT2D eigenvalue weighted by molar-refractivity contribution is 5.96. The van der Waals surface area contributed by atoms with Crippen LogP contribution in [0.25, 0.3) is 0 Å². The molecule has 0 heterocycles. The number of aliphatic hydroxyl groups is 1. The number of aliphatic carboxylic acids is 4. The lowest BCUT2D eigenvalue weighted by Gasteiger charge is -2.25. The molecule has 5 unspecified atom stereocenters. The van der Waals surface area contributed by atoms with Crippen LogP contribution in [0.2, 0.25) is 0 Å². The van der Waals surface area contributed by atoms with Gasteiger partial charge in [0.05, 0.1) is 18.6 Å². The zero-order valence-corrected chi connectivity index (χ0v) is 18.1. The molecule has 3 amide bonds. The van der Waals surface area contributed by atoms with E-state index in [4.69, 9.17) is 26.2 Å². The van der Waals surface area contributed by atoms with Gasteiger partial charge in [-0.2, -0.15) is 0 Å². The lowest BCUT2D eigenvalue weighted by Crippen LogP contribution is -2.60. The third-order valence-corrected chi connectivity index (χ3v) is 4.34. The van der Waals surface area contributed by atoms with E-state index in [0.717, 1.165) is 6.92 Å². The van der Waals surface area contributed by atoms with Crippen LogP contribution in [-0.4, -0.2) is 97.4 Å². The average molecular weight is 492 g/mol. The lowest BCUT2D eigenvalue weighted by atomic mass is 10.1. The number of carboxylic acid groups (broad SMARTS) is 4. The normalized spacial score (nSPS) is 15.0. The minimum atomic E-state index is -1.85. The Morgan fingerprint density at radius 2 is 1.21 bits per heavy atom. The maximum Gasteiger partial charge on any atom is 0.326 e. The second kappa shape index (κ2) is 14.4. The number of nitrogens with two attached hydrogens (primary N) is 1. The molecular formula is C18H28N4O12. The minimum absolute atomic E-state index is 0.285. The fourth-order valence-corrected chi connectivity index (χ4v) is 2.52. The van der Waals surface area contributed by atoms with E-state index in [9.17, 15) is 38.7 Å². The van der Waals surface area contributed by atoms with Crippen LogP contribution in [0.3, 0.4) is 0 Å². The Bertz CT molecular complexity index is 800. The number of carboxylic acids is 4. The molecule has 0 bridgehead atoms. The standard InChI is InChI=1S/C18H28N4O12/c1-7(23)14(22-15(30)8(19)2-4-11(24)25)17(32)21-10(6-13(28)29)16(31)20-9(18(33)34)3-5-12(26)27/h7-10,14,23H,2-6,19H2,1H3,(H,20,31)(H,21,32)(H,22,30)(H,24,25)(H,26,27)(H,28,29)(H,33,34). The number of aliphatic hydroxyl groups excluding tert-OH is 1. The van der Waals surface area contributed by atoms with Crippen LogP contribution in [-0.2, 0) is 33.6 Å². The van der Waals surface area contributed by atoms with Crippen molar-refractivity contribution < 1.29 is 59.1 Å². The SMILES string of the molecule is CC(O)C(NC(=O)C(N)CCC(=O)O)C(=O)NC(CC(=O)O)C(=O)NC(CCC(=O)O)C(=O)O. The van der Waals surface area contributed by atoms with Gasteiger partial charge in [0.25, 0.3) is 0 Å². The molecule has 0 radical (unpaired) electrons. The number of hydrogen-bond donors (Lipinski definition) is 9. The van der Waals surface area contributed by atoms with E-state index in [-0.39, 0.29) is 6.42 Å². The summed E-state index contributed by atoms with van der Waals surface area (Å²) in [6.45, 7) is 1.09. The van der Waals surface area contributed by atoms with Gasteiger partial charge in [0, 0.05) is 12.8 Å². The molecule has 0 spiro atoms. The van der Waals surface area contributed by atoms with Crippen molar-refractivity contribution in [3.05, 3.63) is 0 Å². The zero-order valence-electron chi connectivity index (χ0n) is 18.1. The van der Waals surface area contributed by atoms with Crippen molar-refractivity contribution >= 4 is 41.6 Å². The summed E-state index contributed by atoms with van der Waals surface area (Å²) < 4.78 is 0. The highest BCUT2D eigenvalue weighted by atomic mass is 16.4. The largest absolute Gasteiger partial charge is 0.481 e. The molecule has 0 aromatic carbocycles. The highest BCUT2D eigenvalue weighted by Crippen LogP contribution is 2.04. The molecule has 0 aliphatic carbocycles. The van der Waals surface area contributed by atoms with Crippen molar-refractivity contribution in [2.45, 2.75) is 69.3 Å². The number of hydrogen-bond acceptors (Lipinski definition) is 9. The van der Waals surface area contributed by atoms with Crippen molar-refractivity contribution in [2.75, 3.05) is 0 Å². The second-order valence-corrected chi connectivity index (χ2v) is 7.26. The Balaban J connectivity index is 5.43. The van der Waals surface area contributed by atoms with Crippen LogP contribution in [0, 0.1) is 0 Å². The van der Waals surface area contributed by atoms with Gasteiger partial charge in [0.2, 0.25) is 17.7 Å². The molecule has 0 aromatic rings. The molecule has 0 saturated carbocycles. The fraction of sp³-hybridized carbons (Fsp3) is 0.611. The van der Waals surface area contributed by atoms with Gasteiger partial charge >= 0.3 is 23.9 Å². The van der Waals surface area contributed by atoms with Gasteiger partial charge in [-0.05, 0) is 19.8 Å². The molecule has 5 atom stereocenters. The van der Waals surface area contributed by atoms with Crippen molar-refractivity contribution in [1.29, 1.82) is 0 Å². The first-order valence-corrected chi connectivity index (χ1v) is 9.88. The molecule has 16 nitrogen and oxygen atoms in total. The summed E-state index contributed by atoms with van der Waals surface area (Å²) in [5, 5.41) is 51.3. The molecule has 0 saturated heterocycles. The number of carbonyl (C=O) groups is 7. The Morgan fingerprint density at radius 3 is 1.65 bits per heavy atom. The number of rotatable bonds is 16. The van der Waals surface area contributed by atoms with Crippen molar-refractivity contribution in [1.82, 2.24) is 16.0 Å². The van der Waals surface area contributed by atoms with E-state index in [1.807, 2.05) is 10.6 Å². The quantitative estimate of drug-likeness (QED) is 0.101. The van der Waals surface area contributed by atoms with Crippen LogP contribution < -0.4 is 21.7 Å². The molecule has 0 aliphatic heterocycles. The van der Waals surface area contributed by atoms with E-state index < -0.39 is 97.6 Å². The maximum atomic E-state index is 12.6. The van der Waals surface area contributed by atoms with Crippen LogP contribution >= 0.6 is 0 Å². The predicted molar refractivity (Wildman–Crippen MR) is 109 cm³/mol. The van der Waals surface area contributed by atoms with Crippen molar-refractivity contribution in [3.8, 4) is 0 Å². The fourth-order valence-electron chi connectivity index (χ4n) is 2.52. The predicted octanol–water partition coefficient (Wildman–Crippen LogP) is -3.56. The van der Waals surface area contributed by atoms with E-state index in [1.54, 1.807) is 0 Å². The summed E-state index contributed by atoms with van der Waals surface area (Å²) in [6, 6.07) is -6.63. The van der Waals surface area contributed by atoms with Crippen LogP contribution in [0.4, 0.5) is 0 Å². The van der Waals surface area contributed by atoms with Gasteiger partial charge in [-0.15, -0.1) is 0 Å². The first-order chi connectivity index (χ1) is 15.6. The molecule has 0 aromatic heterocycles. The van der Waals surface area contributed by atoms with Gasteiger partial charge in [0.15, 0.2) is 0 Å². The summed E-state index contributed by atoms with van der Waals surface area (Å²) in [6.07, 6.45) is -4.45. The molecule has 0 rings (SSSR count). The zero-order chi connectivity index (χ0) is 26.6. The van der Waals surface area contributed by atoms with E-state index >= 15 is 0 Å². The number of carbonyl (C=O) groups excluding carboxylic acids is 3. The van der Waals surface area contributed by atoms with Gasteiger partial charge < -0.3 is 47.2 Å². The van der Waals surface area contributed by atoms with Crippen LogP contribution in [0.15, 0.2) is 0 Å².